The highest BCUT2D eigenvalue weighted by atomic mass is 32.2. The maximum absolute atomic E-state index is 2.71. The molecule has 0 N–H and O–H groups in total. The van der Waals surface area contributed by atoms with E-state index in [-0.39, 0.29) is 0 Å². The van der Waals surface area contributed by atoms with E-state index in [4.69, 9.17) is 0 Å². The van der Waals surface area contributed by atoms with Gasteiger partial charge in [-0.1, -0.05) is 12.5 Å². The van der Waals surface area contributed by atoms with Gasteiger partial charge in [0.1, 0.15) is 0 Å². The molecule has 2 heterocycles. The lowest BCUT2D eigenvalue weighted by Gasteiger charge is -2.48. The van der Waals surface area contributed by atoms with Crippen molar-refractivity contribution in [1.82, 2.24) is 4.90 Å². The molecule has 2 fully saturated rings. The van der Waals surface area contributed by atoms with Crippen LogP contribution in [0.3, 0.4) is 0 Å². The maximum Gasteiger partial charge on any atom is 0.0389 e. The highest BCUT2D eigenvalue weighted by molar-refractivity contribution is 7.98. The number of hydrogen-bond acceptors (Lipinski definition) is 3. The number of rotatable bonds is 2. The third kappa shape index (κ3) is 2.77. The van der Waals surface area contributed by atoms with Gasteiger partial charge in [-0.3, -0.25) is 4.90 Å². The van der Waals surface area contributed by atoms with Crippen LogP contribution in [0.2, 0.25) is 0 Å². The summed E-state index contributed by atoms with van der Waals surface area (Å²) < 4.78 is 0. The number of benzene rings is 1. The van der Waals surface area contributed by atoms with E-state index >= 15 is 0 Å². The van der Waals surface area contributed by atoms with Gasteiger partial charge >= 0.3 is 0 Å². The van der Waals surface area contributed by atoms with Crippen LogP contribution >= 0.6 is 11.8 Å². The van der Waals surface area contributed by atoms with Crippen LogP contribution in [-0.4, -0.2) is 42.9 Å². The molecule has 2 saturated heterocycles. The standard InChI is InChI=1S/C16H24N2S/c1-13-11-17-9-4-3-6-15(17)12-18(13)14-7-5-8-16(10-14)19-2/h5,7-8,10,13,15H,3-4,6,9,11-12H2,1-2H3. The Morgan fingerprint density at radius 1 is 1.21 bits per heavy atom. The molecule has 3 rings (SSSR count). The lowest BCUT2D eigenvalue weighted by molar-refractivity contribution is 0.115. The first kappa shape index (κ1) is 13.3. The molecule has 0 radical (unpaired) electrons. The first-order chi connectivity index (χ1) is 9.28. The van der Waals surface area contributed by atoms with Gasteiger partial charge in [0, 0.05) is 35.8 Å². The zero-order valence-corrected chi connectivity index (χ0v) is 12.8. The normalized spacial score (nSPS) is 28.2. The predicted octanol–water partition coefficient (Wildman–Crippen LogP) is 3.47. The van der Waals surface area contributed by atoms with Crippen molar-refractivity contribution in [3.63, 3.8) is 0 Å². The second kappa shape index (κ2) is 5.76. The van der Waals surface area contributed by atoms with Gasteiger partial charge in [-0.2, -0.15) is 0 Å². The Labute approximate surface area is 121 Å². The molecule has 2 aliphatic rings. The first-order valence-corrected chi connectivity index (χ1v) is 8.65. The third-order valence-corrected chi connectivity index (χ3v) is 5.30. The molecule has 1 aromatic rings. The molecular formula is C16H24N2S. The zero-order chi connectivity index (χ0) is 13.2. The lowest BCUT2D eigenvalue weighted by Crippen LogP contribution is -2.58. The molecule has 104 valence electrons. The Hall–Kier alpha value is -0.670. The van der Waals surface area contributed by atoms with Crippen molar-refractivity contribution in [2.45, 2.75) is 43.2 Å². The fourth-order valence-electron chi connectivity index (χ4n) is 3.50. The largest absolute Gasteiger partial charge is 0.366 e. The van der Waals surface area contributed by atoms with E-state index in [1.807, 2.05) is 11.8 Å². The minimum absolute atomic E-state index is 0.631. The van der Waals surface area contributed by atoms with Crippen molar-refractivity contribution in [2.24, 2.45) is 0 Å². The van der Waals surface area contributed by atoms with Gasteiger partial charge in [-0.05, 0) is 50.8 Å². The summed E-state index contributed by atoms with van der Waals surface area (Å²) in [5.74, 6) is 0. The van der Waals surface area contributed by atoms with Crippen LogP contribution in [0.25, 0.3) is 0 Å². The topological polar surface area (TPSA) is 6.48 Å². The van der Waals surface area contributed by atoms with Gasteiger partial charge in [0.05, 0.1) is 0 Å². The van der Waals surface area contributed by atoms with Crippen molar-refractivity contribution in [3.05, 3.63) is 24.3 Å². The van der Waals surface area contributed by atoms with Crippen LogP contribution in [0.5, 0.6) is 0 Å². The summed E-state index contributed by atoms with van der Waals surface area (Å²) in [6.45, 7) is 6.12. The minimum Gasteiger partial charge on any atom is -0.366 e. The maximum atomic E-state index is 2.71. The molecule has 2 nitrogen and oxygen atoms in total. The van der Waals surface area contributed by atoms with Crippen molar-refractivity contribution < 1.29 is 0 Å². The summed E-state index contributed by atoms with van der Waals surface area (Å²) in [6.07, 6.45) is 6.34. The summed E-state index contributed by atoms with van der Waals surface area (Å²) >= 11 is 1.83. The summed E-state index contributed by atoms with van der Waals surface area (Å²) in [5.41, 5.74) is 1.41. The molecule has 0 spiro atoms. The Kier molecular flexibility index (Phi) is 4.04. The van der Waals surface area contributed by atoms with E-state index in [1.165, 1.54) is 49.5 Å². The van der Waals surface area contributed by atoms with Crippen LogP contribution in [0, 0.1) is 0 Å². The number of anilines is 1. The highest BCUT2D eigenvalue weighted by Gasteiger charge is 2.32. The molecule has 1 aromatic carbocycles. The molecular weight excluding hydrogens is 252 g/mol. The molecule has 0 amide bonds. The van der Waals surface area contributed by atoms with E-state index in [0.717, 1.165) is 6.04 Å². The first-order valence-electron chi connectivity index (χ1n) is 7.42. The van der Waals surface area contributed by atoms with Crippen LogP contribution in [0.15, 0.2) is 29.2 Å². The number of piperidine rings is 1. The summed E-state index contributed by atoms with van der Waals surface area (Å²) in [5, 5.41) is 0. The second-order valence-corrected chi connectivity index (χ2v) is 6.73. The van der Waals surface area contributed by atoms with Crippen LogP contribution < -0.4 is 4.90 Å². The van der Waals surface area contributed by atoms with Crippen molar-refractivity contribution in [3.8, 4) is 0 Å². The predicted molar refractivity (Wildman–Crippen MR) is 84.2 cm³/mol. The van der Waals surface area contributed by atoms with Gasteiger partial charge in [0.2, 0.25) is 0 Å². The number of fused-ring (bicyclic) bond motifs is 1. The highest BCUT2D eigenvalue weighted by Crippen LogP contribution is 2.29. The van der Waals surface area contributed by atoms with Gasteiger partial charge in [0.25, 0.3) is 0 Å². The van der Waals surface area contributed by atoms with E-state index in [0.29, 0.717) is 6.04 Å². The summed E-state index contributed by atoms with van der Waals surface area (Å²) in [7, 11) is 0. The van der Waals surface area contributed by atoms with Gasteiger partial charge in [-0.15, -0.1) is 11.8 Å². The molecule has 0 saturated carbocycles. The molecule has 2 atom stereocenters. The molecule has 2 aliphatic heterocycles. The third-order valence-electron chi connectivity index (χ3n) is 4.57. The van der Waals surface area contributed by atoms with Crippen molar-refractivity contribution >= 4 is 17.4 Å². The Balaban J connectivity index is 1.79. The lowest BCUT2D eigenvalue weighted by atomic mass is 9.96. The molecule has 19 heavy (non-hydrogen) atoms. The van der Waals surface area contributed by atoms with Gasteiger partial charge in [-0.25, -0.2) is 0 Å². The van der Waals surface area contributed by atoms with Crippen molar-refractivity contribution in [2.75, 3.05) is 30.8 Å². The minimum atomic E-state index is 0.631. The average molecular weight is 276 g/mol. The van der Waals surface area contributed by atoms with Crippen LogP contribution in [-0.2, 0) is 0 Å². The Morgan fingerprint density at radius 2 is 2.11 bits per heavy atom. The smallest absolute Gasteiger partial charge is 0.0389 e. The Bertz CT molecular complexity index is 435. The molecule has 0 aromatic heterocycles. The van der Waals surface area contributed by atoms with Crippen molar-refractivity contribution in [1.29, 1.82) is 0 Å². The van der Waals surface area contributed by atoms with Gasteiger partial charge in [0.15, 0.2) is 0 Å². The number of piperazine rings is 1. The van der Waals surface area contributed by atoms with E-state index in [2.05, 4.69) is 47.2 Å². The van der Waals surface area contributed by atoms with Crippen LogP contribution in [0.4, 0.5) is 5.69 Å². The summed E-state index contributed by atoms with van der Waals surface area (Å²) in [4.78, 5) is 6.70. The second-order valence-electron chi connectivity index (χ2n) is 5.85. The SMILES string of the molecule is CSc1cccc(N2CC3CCCCN3CC2C)c1. The Morgan fingerprint density at radius 3 is 2.95 bits per heavy atom. The molecule has 0 bridgehead atoms. The number of nitrogens with zero attached hydrogens (tertiary/aromatic N) is 2. The number of thioether (sulfide) groups is 1. The van der Waals surface area contributed by atoms with Crippen LogP contribution in [0.1, 0.15) is 26.2 Å². The monoisotopic (exact) mass is 276 g/mol. The number of hydrogen-bond donors (Lipinski definition) is 0. The quantitative estimate of drug-likeness (QED) is 0.764. The average Bonchev–Trinajstić information content (AvgIpc) is 2.46. The molecule has 3 heteroatoms. The van der Waals surface area contributed by atoms with Gasteiger partial charge < -0.3 is 4.90 Å². The molecule has 2 unspecified atom stereocenters. The summed E-state index contributed by atoms with van der Waals surface area (Å²) in [6, 6.07) is 10.4. The molecule has 0 aliphatic carbocycles. The fourth-order valence-corrected chi connectivity index (χ4v) is 3.95. The van der Waals surface area contributed by atoms with E-state index in [1.54, 1.807) is 0 Å². The van der Waals surface area contributed by atoms with E-state index in [9.17, 15) is 0 Å². The fraction of sp³-hybridized carbons (Fsp3) is 0.625. The zero-order valence-electron chi connectivity index (χ0n) is 12.0. The van der Waals surface area contributed by atoms with E-state index < -0.39 is 0 Å².